The summed E-state index contributed by atoms with van der Waals surface area (Å²) in [5.41, 5.74) is 1.42. The van der Waals surface area contributed by atoms with Crippen molar-refractivity contribution in [3.63, 3.8) is 0 Å². The minimum Gasteiger partial charge on any atom is -0.497 e. The average Bonchev–Trinajstić information content (AvgIpc) is 3.19. The highest BCUT2D eigenvalue weighted by atomic mass is 35.5. The Hall–Kier alpha value is -2.93. The molecule has 1 amide bonds. The molecular weight excluding hydrogens is 478 g/mol. The van der Waals surface area contributed by atoms with Crippen LogP contribution in [-0.4, -0.2) is 45.8 Å². The van der Waals surface area contributed by atoms with Gasteiger partial charge in [-0.15, -0.1) is 0 Å². The molecule has 1 unspecified atom stereocenters. The first-order valence-electron chi connectivity index (χ1n) is 12.6. The first-order valence-corrected chi connectivity index (χ1v) is 13.0. The van der Waals surface area contributed by atoms with Crippen molar-refractivity contribution in [1.82, 2.24) is 14.5 Å². The number of benzene rings is 2. The van der Waals surface area contributed by atoms with Crippen molar-refractivity contribution in [2.24, 2.45) is 0 Å². The molecule has 1 aliphatic rings. The lowest BCUT2D eigenvalue weighted by Crippen LogP contribution is -2.46. The number of nitrogens with zero attached hydrogens (tertiary/aromatic N) is 3. The number of hydrogen-bond acceptors (Lipinski definition) is 5. The van der Waals surface area contributed by atoms with E-state index in [2.05, 4.69) is 4.57 Å². The molecule has 0 spiro atoms. The van der Waals surface area contributed by atoms with Gasteiger partial charge in [-0.25, -0.2) is 9.78 Å². The number of carbonyl (C=O) groups excluding carboxylic acids is 1. The Morgan fingerprint density at radius 2 is 1.86 bits per heavy atom. The van der Waals surface area contributed by atoms with E-state index in [1.54, 1.807) is 7.11 Å². The van der Waals surface area contributed by atoms with E-state index in [9.17, 15) is 4.79 Å². The lowest BCUT2D eigenvalue weighted by atomic mass is 9.98. The number of hydrogen-bond donors (Lipinski definition) is 0. The number of carbonyl (C=O) groups is 1. The van der Waals surface area contributed by atoms with E-state index in [0.29, 0.717) is 11.6 Å². The highest BCUT2D eigenvalue weighted by Crippen LogP contribution is 2.27. The number of fused-ring (bicyclic) bond motifs is 1. The van der Waals surface area contributed by atoms with Crippen molar-refractivity contribution in [1.29, 1.82) is 0 Å². The Morgan fingerprint density at radius 1 is 1.11 bits per heavy atom. The standard InChI is InChI=1S/C28H36ClN3O4/c1-28(2,3)36-27(33)31-16-6-5-8-21(31)9-7-17-32-25-18-23(34-4)14-15-24(25)30-26(32)19-35-22-12-10-20(29)11-13-22/h10-15,18,21H,5-9,16-17,19H2,1-4H3. The van der Waals surface area contributed by atoms with Gasteiger partial charge in [0.1, 0.15) is 29.5 Å². The van der Waals surface area contributed by atoms with E-state index in [-0.39, 0.29) is 12.1 Å². The van der Waals surface area contributed by atoms with Crippen LogP contribution in [0.3, 0.4) is 0 Å². The Kier molecular flexibility index (Phi) is 8.29. The monoisotopic (exact) mass is 513 g/mol. The fraction of sp³-hybridized carbons (Fsp3) is 0.500. The number of rotatable bonds is 8. The van der Waals surface area contributed by atoms with E-state index < -0.39 is 5.60 Å². The van der Waals surface area contributed by atoms with Gasteiger partial charge in [0.15, 0.2) is 0 Å². The number of imidazole rings is 1. The third kappa shape index (κ3) is 6.64. The maximum absolute atomic E-state index is 12.8. The molecular formula is C28H36ClN3O4. The molecule has 0 saturated carbocycles. The summed E-state index contributed by atoms with van der Waals surface area (Å²) in [5, 5.41) is 0.671. The average molecular weight is 514 g/mol. The molecule has 1 atom stereocenters. The molecule has 8 heteroatoms. The maximum Gasteiger partial charge on any atom is 0.410 e. The fourth-order valence-electron chi connectivity index (χ4n) is 4.66. The fourth-order valence-corrected chi connectivity index (χ4v) is 4.79. The van der Waals surface area contributed by atoms with Gasteiger partial charge in [-0.05, 0) is 89.3 Å². The lowest BCUT2D eigenvalue weighted by molar-refractivity contribution is 0.00852. The van der Waals surface area contributed by atoms with Crippen molar-refractivity contribution >= 4 is 28.7 Å². The Balaban J connectivity index is 1.48. The SMILES string of the molecule is COc1ccc2nc(COc3ccc(Cl)cc3)n(CCCC3CCCCN3C(=O)OC(C)(C)C)c2c1. The predicted molar refractivity (Wildman–Crippen MR) is 142 cm³/mol. The molecule has 3 aromatic rings. The summed E-state index contributed by atoms with van der Waals surface area (Å²) in [4.78, 5) is 19.6. The van der Waals surface area contributed by atoms with E-state index in [1.807, 2.05) is 68.1 Å². The summed E-state index contributed by atoms with van der Waals surface area (Å²) in [7, 11) is 1.67. The van der Waals surface area contributed by atoms with Gasteiger partial charge in [-0.1, -0.05) is 11.6 Å². The Bertz CT molecular complexity index is 1170. The minimum absolute atomic E-state index is 0.187. The van der Waals surface area contributed by atoms with Crippen LogP contribution < -0.4 is 9.47 Å². The zero-order valence-corrected chi connectivity index (χ0v) is 22.4. The molecule has 0 N–H and O–H groups in total. The normalized spacial score (nSPS) is 16.2. The number of methoxy groups -OCH3 is 1. The molecule has 1 aromatic heterocycles. The van der Waals surface area contributed by atoms with Crippen LogP contribution in [0, 0.1) is 0 Å². The van der Waals surface area contributed by atoms with Gasteiger partial charge in [0.25, 0.3) is 0 Å². The molecule has 4 rings (SSSR count). The first-order chi connectivity index (χ1) is 17.2. The highest BCUT2D eigenvalue weighted by Gasteiger charge is 2.30. The second-order valence-electron chi connectivity index (χ2n) is 10.2. The molecule has 0 bridgehead atoms. The molecule has 2 aromatic carbocycles. The highest BCUT2D eigenvalue weighted by molar-refractivity contribution is 6.30. The van der Waals surface area contributed by atoms with Crippen molar-refractivity contribution in [2.75, 3.05) is 13.7 Å². The van der Waals surface area contributed by atoms with Gasteiger partial charge in [0, 0.05) is 30.2 Å². The third-order valence-corrected chi connectivity index (χ3v) is 6.64. The number of amides is 1. The van der Waals surface area contributed by atoms with E-state index in [0.717, 1.165) is 73.6 Å². The van der Waals surface area contributed by atoms with Gasteiger partial charge in [-0.2, -0.15) is 0 Å². The van der Waals surface area contributed by atoms with E-state index in [1.165, 1.54) is 0 Å². The molecule has 1 saturated heterocycles. The lowest BCUT2D eigenvalue weighted by Gasteiger charge is -2.37. The van der Waals surface area contributed by atoms with Gasteiger partial charge < -0.3 is 23.7 Å². The maximum atomic E-state index is 12.8. The minimum atomic E-state index is -0.493. The molecule has 0 radical (unpaired) electrons. The number of halogens is 1. The quantitative estimate of drug-likeness (QED) is 0.329. The van der Waals surface area contributed by atoms with Crippen molar-refractivity contribution in [3.8, 4) is 11.5 Å². The largest absolute Gasteiger partial charge is 0.497 e. The van der Waals surface area contributed by atoms with Gasteiger partial charge >= 0.3 is 6.09 Å². The molecule has 36 heavy (non-hydrogen) atoms. The van der Waals surface area contributed by atoms with Crippen LogP contribution in [0.25, 0.3) is 11.0 Å². The molecule has 1 fully saturated rings. The van der Waals surface area contributed by atoms with Crippen LogP contribution in [0.4, 0.5) is 4.79 Å². The smallest absolute Gasteiger partial charge is 0.410 e. The van der Waals surface area contributed by atoms with Crippen LogP contribution in [0.5, 0.6) is 11.5 Å². The summed E-state index contributed by atoms with van der Waals surface area (Å²) in [6, 6.07) is 13.4. The summed E-state index contributed by atoms with van der Waals surface area (Å²) in [5.74, 6) is 2.38. The summed E-state index contributed by atoms with van der Waals surface area (Å²) >= 11 is 6.00. The van der Waals surface area contributed by atoms with Crippen LogP contribution in [-0.2, 0) is 17.9 Å². The topological polar surface area (TPSA) is 65.8 Å². The van der Waals surface area contributed by atoms with Crippen LogP contribution >= 0.6 is 11.6 Å². The molecule has 194 valence electrons. The Labute approximate surface area is 218 Å². The van der Waals surface area contributed by atoms with Crippen molar-refractivity contribution in [3.05, 3.63) is 53.3 Å². The number of piperidine rings is 1. The zero-order chi connectivity index (χ0) is 25.7. The first kappa shape index (κ1) is 26.1. The zero-order valence-electron chi connectivity index (χ0n) is 21.6. The molecule has 0 aliphatic carbocycles. The van der Waals surface area contributed by atoms with Gasteiger partial charge in [0.2, 0.25) is 0 Å². The van der Waals surface area contributed by atoms with Crippen molar-refractivity contribution < 1.29 is 19.0 Å². The molecule has 1 aliphatic heterocycles. The van der Waals surface area contributed by atoms with Crippen molar-refractivity contribution in [2.45, 2.75) is 77.7 Å². The number of aromatic nitrogens is 2. The van der Waals surface area contributed by atoms with Crippen LogP contribution in [0.15, 0.2) is 42.5 Å². The summed E-state index contributed by atoms with van der Waals surface area (Å²) < 4.78 is 19.4. The predicted octanol–water partition coefficient (Wildman–Crippen LogP) is 6.85. The Morgan fingerprint density at radius 3 is 2.58 bits per heavy atom. The second-order valence-corrected chi connectivity index (χ2v) is 10.7. The van der Waals surface area contributed by atoms with Gasteiger partial charge in [0.05, 0.1) is 18.1 Å². The second kappa shape index (κ2) is 11.4. The molecule has 7 nitrogen and oxygen atoms in total. The number of aryl methyl sites for hydroxylation is 1. The number of ether oxygens (including phenoxy) is 3. The van der Waals surface area contributed by atoms with Gasteiger partial charge in [-0.3, -0.25) is 0 Å². The summed E-state index contributed by atoms with van der Waals surface area (Å²) in [6.45, 7) is 7.60. The molecule has 2 heterocycles. The third-order valence-electron chi connectivity index (χ3n) is 6.39. The van der Waals surface area contributed by atoms with Crippen LogP contribution in [0.2, 0.25) is 5.02 Å². The van der Waals surface area contributed by atoms with Crippen LogP contribution in [0.1, 0.15) is 58.7 Å². The van der Waals surface area contributed by atoms with E-state index in [4.69, 9.17) is 30.8 Å². The van der Waals surface area contributed by atoms with E-state index >= 15 is 0 Å². The number of likely N-dealkylation sites (tertiary alicyclic amines) is 1. The summed E-state index contributed by atoms with van der Waals surface area (Å²) in [6.07, 6.45) is 4.76.